The maximum atomic E-state index is 12.3. The number of hydrogen-bond acceptors (Lipinski definition) is 4. The van der Waals surface area contributed by atoms with E-state index >= 15 is 0 Å². The first-order valence-electron chi connectivity index (χ1n) is 6.01. The van der Waals surface area contributed by atoms with Crippen LogP contribution in [0.4, 0.5) is 5.69 Å². The Kier molecular flexibility index (Phi) is 4.71. The van der Waals surface area contributed by atoms with E-state index in [2.05, 4.69) is 5.10 Å². The Bertz CT molecular complexity index is 466. The zero-order chi connectivity index (χ0) is 13.8. The van der Waals surface area contributed by atoms with Gasteiger partial charge in [0.05, 0.1) is 12.1 Å². The first-order valence-corrected chi connectivity index (χ1v) is 7.39. The van der Waals surface area contributed by atoms with Gasteiger partial charge in [-0.1, -0.05) is 30.0 Å². The van der Waals surface area contributed by atoms with Gasteiger partial charge >= 0.3 is 0 Å². The molecule has 0 N–H and O–H groups in total. The van der Waals surface area contributed by atoms with Crippen LogP contribution in [0.5, 0.6) is 0 Å². The highest BCUT2D eigenvalue weighted by molar-refractivity contribution is 8.12. The molecular weight excluding hydrogens is 282 g/mol. The molecule has 0 radical (unpaired) electrons. The van der Waals surface area contributed by atoms with Gasteiger partial charge in [0.1, 0.15) is 10.8 Å². The summed E-state index contributed by atoms with van der Waals surface area (Å²) in [4.78, 5) is 14.0. The topological polar surface area (TPSA) is 35.9 Å². The van der Waals surface area contributed by atoms with E-state index in [4.69, 9.17) is 11.6 Å². The Morgan fingerprint density at radius 2 is 2.21 bits per heavy atom. The fourth-order valence-corrected chi connectivity index (χ4v) is 2.72. The first kappa shape index (κ1) is 14.2. The van der Waals surface area contributed by atoms with Crippen LogP contribution in [0, 0.1) is 0 Å². The summed E-state index contributed by atoms with van der Waals surface area (Å²) in [7, 11) is 1.90. The van der Waals surface area contributed by atoms with Crippen LogP contribution >= 0.6 is 23.4 Å². The average molecular weight is 298 g/mol. The fraction of sp³-hybridized carbons (Fsp3) is 0.385. The van der Waals surface area contributed by atoms with Crippen molar-refractivity contribution in [1.29, 1.82) is 0 Å². The molecule has 1 heterocycles. The molecule has 4 nitrogen and oxygen atoms in total. The van der Waals surface area contributed by atoms with Crippen molar-refractivity contribution in [2.45, 2.75) is 17.7 Å². The van der Waals surface area contributed by atoms with E-state index in [0.29, 0.717) is 6.54 Å². The van der Waals surface area contributed by atoms with Crippen molar-refractivity contribution in [1.82, 2.24) is 5.01 Å². The van der Waals surface area contributed by atoms with Gasteiger partial charge in [0, 0.05) is 12.7 Å². The van der Waals surface area contributed by atoms with Crippen LogP contribution < -0.4 is 4.90 Å². The van der Waals surface area contributed by atoms with E-state index in [0.717, 1.165) is 5.69 Å². The number of thioether (sulfide) groups is 1. The summed E-state index contributed by atoms with van der Waals surface area (Å²) >= 11 is 7.55. The number of para-hydroxylation sites is 1. The standard InChI is InChI=1S/C13H16ClN3OS/c1-10(14)13(18)17(11-6-4-3-5-7-11)8-12-16(2)15-9-19-12/h3-7,9-10,12H,8H2,1-2H3. The van der Waals surface area contributed by atoms with Gasteiger partial charge in [0.2, 0.25) is 5.91 Å². The van der Waals surface area contributed by atoms with Crippen molar-refractivity contribution in [3.63, 3.8) is 0 Å². The summed E-state index contributed by atoms with van der Waals surface area (Å²) in [5.74, 6) is -0.0891. The third kappa shape index (κ3) is 3.42. The van der Waals surface area contributed by atoms with Crippen LogP contribution in [0.2, 0.25) is 0 Å². The molecule has 6 heteroatoms. The second-order valence-electron chi connectivity index (χ2n) is 4.29. The van der Waals surface area contributed by atoms with Crippen LogP contribution in [0.25, 0.3) is 0 Å². The van der Waals surface area contributed by atoms with Crippen LogP contribution in [0.15, 0.2) is 35.4 Å². The molecule has 102 valence electrons. The first-order chi connectivity index (χ1) is 9.09. The minimum absolute atomic E-state index is 0.0891. The lowest BCUT2D eigenvalue weighted by atomic mass is 10.2. The van der Waals surface area contributed by atoms with E-state index in [1.807, 2.05) is 42.4 Å². The molecule has 0 bridgehead atoms. The summed E-state index contributed by atoms with van der Waals surface area (Å²) in [6.07, 6.45) is 0. The molecule has 0 aromatic heterocycles. The predicted molar refractivity (Wildman–Crippen MR) is 81.7 cm³/mol. The smallest absolute Gasteiger partial charge is 0.244 e. The number of benzene rings is 1. The molecule has 2 unspecified atom stereocenters. The van der Waals surface area contributed by atoms with E-state index in [1.165, 1.54) is 0 Å². The summed E-state index contributed by atoms with van der Waals surface area (Å²) in [6.45, 7) is 2.25. The van der Waals surface area contributed by atoms with Crippen LogP contribution in [-0.2, 0) is 4.79 Å². The number of carbonyl (C=O) groups excluding carboxylic acids is 1. The van der Waals surface area contributed by atoms with Crippen LogP contribution in [0.3, 0.4) is 0 Å². The molecule has 2 rings (SSSR count). The number of hydrazone groups is 1. The number of anilines is 1. The van der Waals surface area contributed by atoms with Crippen LogP contribution in [0.1, 0.15) is 6.92 Å². The Morgan fingerprint density at radius 3 is 2.74 bits per heavy atom. The largest absolute Gasteiger partial charge is 0.308 e. The number of amides is 1. The summed E-state index contributed by atoms with van der Waals surface area (Å²) in [5.41, 5.74) is 2.66. The molecule has 0 saturated heterocycles. The summed E-state index contributed by atoms with van der Waals surface area (Å²) < 4.78 is 0. The number of nitrogens with zero attached hydrogens (tertiary/aromatic N) is 3. The number of halogens is 1. The molecule has 0 spiro atoms. The Labute approximate surface area is 122 Å². The second-order valence-corrected chi connectivity index (χ2v) is 5.97. The second kappa shape index (κ2) is 6.30. The maximum absolute atomic E-state index is 12.3. The van der Waals surface area contributed by atoms with E-state index in [-0.39, 0.29) is 11.3 Å². The van der Waals surface area contributed by atoms with Crippen LogP contribution in [-0.4, -0.2) is 40.8 Å². The van der Waals surface area contributed by atoms with Gasteiger partial charge in [-0.2, -0.15) is 5.10 Å². The van der Waals surface area contributed by atoms with Gasteiger partial charge in [-0.05, 0) is 19.1 Å². The SMILES string of the molecule is CC(Cl)C(=O)N(CC1SC=NN1C)c1ccccc1. The molecule has 2 atom stereocenters. The minimum atomic E-state index is -0.544. The number of alkyl halides is 1. The number of carbonyl (C=O) groups is 1. The fourth-order valence-electron chi connectivity index (χ4n) is 1.80. The maximum Gasteiger partial charge on any atom is 0.244 e. The van der Waals surface area contributed by atoms with Gasteiger partial charge < -0.3 is 4.90 Å². The highest BCUT2D eigenvalue weighted by atomic mass is 35.5. The molecule has 1 aromatic carbocycles. The van der Waals surface area contributed by atoms with Crippen molar-refractivity contribution in [3.05, 3.63) is 30.3 Å². The van der Waals surface area contributed by atoms with Gasteiger partial charge in [0.25, 0.3) is 0 Å². The molecule has 1 aliphatic rings. The Morgan fingerprint density at radius 1 is 1.53 bits per heavy atom. The van der Waals surface area contributed by atoms with Gasteiger partial charge in [-0.15, -0.1) is 11.6 Å². The number of likely N-dealkylation sites (N-methyl/N-ethyl adjacent to an activating group) is 1. The molecule has 19 heavy (non-hydrogen) atoms. The monoisotopic (exact) mass is 297 g/mol. The highest BCUT2D eigenvalue weighted by Gasteiger charge is 2.27. The third-order valence-corrected chi connectivity index (χ3v) is 4.05. The number of hydrogen-bond donors (Lipinski definition) is 0. The molecule has 1 aliphatic heterocycles. The Balaban J connectivity index is 2.18. The lowest BCUT2D eigenvalue weighted by Crippen LogP contribution is -2.43. The summed E-state index contributed by atoms with van der Waals surface area (Å²) in [6, 6.07) is 9.58. The lowest BCUT2D eigenvalue weighted by Gasteiger charge is -2.28. The molecule has 0 fully saturated rings. The predicted octanol–water partition coefficient (Wildman–Crippen LogP) is 2.59. The minimum Gasteiger partial charge on any atom is -0.308 e. The Hall–Kier alpha value is -1.20. The van der Waals surface area contributed by atoms with Crippen molar-refractivity contribution in [3.8, 4) is 0 Å². The summed E-state index contributed by atoms with van der Waals surface area (Å²) in [5, 5.41) is 5.60. The van der Waals surface area contributed by atoms with E-state index in [1.54, 1.807) is 29.1 Å². The zero-order valence-electron chi connectivity index (χ0n) is 10.9. The molecule has 0 aliphatic carbocycles. The van der Waals surface area contributed by atoms with Crippen molar-refractivity contribution < 1.29 is 4.79 Å². The van der Waals surface area contributed by atoms with Gasteiger partial charge in [0.15, 0.2) is 0 Å². The van der Waals surface area contributed by atoms with Crippen molar-refractivity contribution >= 4 is 40.5 Å². The molecule has 1 amide bonds. The average Bonchev–Trinajstić information content (AvgIpc) is 2.81. The zero-order valence-corrected chi connectivity index (χ0v) is 12.4. The number of rotatable bonds is 4. The quantitative estimate of drug-likeness (QED) is 0.802. The molecule has 0 saturated carbocycles. The van der Waals surface area contributed by atoms with E-state index in [9.17, 15) is 4.79 Å². The molecule has 1 aromatic rings. The van der Waals surface area contributed by atoms with E-state index < -0.39 is 5.38 Å². The van der Waals surface area contributed by atoms with Crippen molar-refractivity contribution in [2.24, 2.45) is 5.10 Å². The van der Waals surface area contributed by atoms with Gasteiger partial charge in [-0.3, -0.25) is 9.80 Å². The lowest BCUT2D eigenvalue weighted by molar-refractivity contribution is -0.118. The normalized spacial score (nSPS) is 19.5. The van der Waals surface area contributed by atoms with Gasteiger partial charge in [-0.25, -0.2) is 0 Å². The highest BCUT2D eigenvalue weighted by Crippen LogP contribution is 2.24. The van der Waals surface area contributed by atoms with Crippen molar-refractivity contribution in [2.75, 3.05) is 18.5 Å². The third-order valence-electron chi connectivity index (χ3n) is 2.88. The molecular formula is C13H16ClN3OS.